The highest BCUT2D eigenvalue weighted by Crippen LogP contribution is 1.92. The van der Waals surface area contributed by atoms with Crippen molar-refractivity contribution >= 4 is 15.9 Å². The molecular weight excluding hydrogens is 130 g/mol. The third kappa shape index (κ3) is 0.975. The van der Waals surface area contributed by atoms with Gasteiger partial charge in [-0.05, 0) is 0 Å². The van der Waals surface area contributed by atoms with Crippen molar-refractivity contribution in [2.75, 3.05) is 13.2 Å². The maximum Gasteiger partial charge on any atom is 0.302 e. The van der Waals surface area contributed by atoms with Crippen LogP contribution in [0.25, 0.3) is 0 Å². The maximum absolute atomic E-state index is 9.98. The topological polar surface area (TPSA) is 55.7 Å². The van der Waals surface area contributed by atoms with E-state index in [4.69, 9.17) is 0 Å². The number of aliphatic imine (C=N–C) groups is 1. The number of ether oxygens (including phenoxy) is 1. The van der Waals surface area contributed by atoms with Crippen LogP contribution in [0.15, 0.2) is 4.99 Å². The fourth-order valence-electron chi connectivity index (χ4n) is 0.434. The Balaban J connectivity index is 2.72. The van der Waals surface area contributed by atoms with Gasteiger partial charge in [-0.2, -0.15) is 0 Å². The van der Waals surface area contributed by atoms with E-state index in [2.05, 4.69) is 9.73 Å². The Morgan fingerprint density at radius 1 is 1.62 bits per heavy atom. The Bertz CT molecular complexity index is 175. The monoisotopic (exact) mass is 135 g/mol. The average molecular weight is 135 g/mol. The zero-order valence-electron chi connectivity index (χ0n) is 4.03. The number of hydrogen-bond donors (Lipinski definition) is 1. The molecule has 0 N–H and O–H groups in total. The summed E-state index contributed by atoms with van der Waals surface area (Å²) >= 11 is 0. The fourth-order valence-corrected chi connectivity index (χ4v) is 0.846. The second kappa shape index (κ2) is 2.13. The zero-order valence-corrected chi connectivity index (χ0v) is 4.93. The van der Waals surface area contributed by atoms with Gasteiger partial charge in [0.2, 0.25) is 10.7 Å². The predicted molar refractivity (Wildman–Crippen MR) is 28.6 cm³/mol. The molecule has 0 bridgehead atoms. The first-order valence-electron chi connectivity index (χ1n) is 2.12. The molecule has 0 spiro atoms. The number of thiol groups is 1. The summed E-state index contributed by atoms with van der Waals surface area (Å²) < 4.78 is 24.5. The summed E-state index contributed by atoms with van der Waals surface area (Å²) in [7, 11) is -2.57. The second-order valence-electron chi connectivity index (χ2n) is 1.27. The summed E-state index contributed by atoms with van der Waals surface area (Å²) in [6.07, 6.45) is 0. The zero-order chi connectivity index (χ0) is 5.98. The molecule has 0 aromatic rings. The molecule has 0 aliphatic carbocycles. The van der Waals surface area contributed by atoms with Gasteiger partial charge in [-0.25, -0.2) is 13.4 Å². The van der Waals surface area contributed by atoms with Crippen molar-refractivity contribution in [2.45, 2.75) is 0 Å². The van der Waals surface area contributed by atoms with E-state index in [-0.39, 0.29) is 5.23 Å². The molecule has 0 saturated carbocycles. The minimum atomic E-state index is -2.57. The van der Waals surface area contributed by atoms with Gasteiger partial charge >= 0.3 is 5.23 Å². The van der Waals surface area contributed by atoms with Crippen molar-refractivity contribution < 1.29 is 13.2 Å². The van der Waals surface area contributed by atoms with E-state index in [1.54, 1.807) is 0 Å². The van der Waals surface area contributed by atoms with Gasteiger partial charge in [0.1, 0.15) is 6.61 Å². The highest BCUT2D eigenvalue weighted by Gasteiger charge is 2.07. The Labute approximate surface area is 48.1 Å². The first-order chi connectivity index (χ1) is 3.80. The molecule has 1 rings (SSSR count). The Morgan fingerprint density at radius 2 is 2.38 bits per heavy atom. The Morgan fingerprint density at radius 3 is 2.62 bits per heavy atom. The second-order valence-corrected chi connectivity index (χ2v) is 2.17. The van der Waals surface area contributed by atoms with Gasteiger partial charge in [0.25, 0.3) is 0 Å². The number of nitrogens with zero attached hydrogens (tertiary/aromatic N) is 1. The smallest absolute Gasteiger partial charge is 0.302 e. The molecule has 0 saturated heterocycles. The largest absolute Gasteiger partial charge is 0.468 e. The van der Waals surface area contributed by atoms with Crippen LogP contribution in [0.2, 0.25) is 0 Å². The molecule has 0 unspecified atom stereocenters. The summed E-state index contributed by atoms with van der Waals surface area (Å²) in [6, 6.07) is 0. The van der Waals surface area contributed by atoms with Crippen LogP contribution in [0.5, 0.6) is 0 Å². The molecule has 4 nitrogen and oxygen atoms in total. The molecule has 1 aliphatic rings. The van der Waals surface area contributed by atoms with Gasteiger partial charge in [-0.3, -0.25) is 0 Å². The molecule has 8 heavy (non-hydrogen) atoms. The molecule has 0 aromatic carbocycles. The van der Waals surface area contributed by atoms with Gasteiger partial charge in [0.05, 0.1) is 6.54 Å². The van der Waals surface area contributed by atoms with E-state index < -0.39 is 10.7 Å². The first kappa shape index (κ1) is 5.55. The Kier molecular flexibility index (Phi) is 1.48. The highest BCUT2D eigenvalue weighted by atomic mass is 32.2. The van der Waals surface area contributed by atoms with Crippen molar-refractivity contribution in [3.05, 3.63) is 0 Å². The summed E-state index contributed by atoms with van der Waals surface area (Å²) in [5.41, 5.74) is 0. The van der Waals surface area contributed by atoms with Gasteiger partial charge in [0.15, 0.2) is 0 Å². The minimum Gasteiger partial charge on any atom is -0.468 e. The van der Waals surface area contributed by atoms with Crippen LogP contribution in [-0.4, -0.2) is 26.8 Å². The highest BCUT2D eigenvalue weighted by molar-refractivity contribution is 7.89. The van der Waals surface area contributed by atoms with Gasteiger partial charge in [-0.15, -0.1) is 0 Å². The molecular formula is C3H5NO3S. The summed E-state index contributed by atoms with van der Waals surface area (Å²) in [5, 5.41) is -0.125. The lowest BCUT2D eigenvalue weighted by Crippen LogP contribution is -1.98. The molecule has 0 fully saturated rings. The molecule has 0 aromatic heterocycles. The molecule has 1 aliphatic heterocycles. The minimum absolute atomic E-state index is 0.125. The predicted octanol–water partition coefficient (Wildman–Crippen LogP) is -1.02. The molecule has 46 valence electrons. The number of hydrogen-bond acceptors (Lipinski definition) is 4. The van der Waals surface area contributed by atoms with Crippen LogP contribution in [0.3, 0.4) is 0 Å². The number of rotatable bonds is 0. The molecule has 1 heterocycles. The van der Waals surface area contributed by atoms with Crippen LogP contribution in [0.1, 0.15) is 0 Å². The van der Waals surface area contributed by atoms with Crippen molar-refractivity contribution in [1.29, 1.82) is 0 Å². The lowest BCUT2D eigenvalue weighted by molar-refractivity contribution is 0.354. The lowest BCUT2D eigenvalue weighted by Gasteiger charge is -1.86. The van der Waals surface area contributed by atoms with Crippen LogP contribution >= 0.6 is 0 Å². The van der Waals surface area contributed by atoms with E-state index in [9.17, 15) is 8.42 Å². The van der Waals surface area contributed by atoms with E-state index >= 15 is 0 Å². The normalized spacial score (nSPS) is 18.4. The average Bonchev–Trinajstić information content (AvgIpc) is 2.12. The molecule has 0 radical (unpaired) electrons. The maximum atomic E-state index is 9.98. The first-order valence-corrected chi connectivity index (χ1v) is 3.30. The third-order valence-corrected chi connectivity index (χ3v) is 1.31. The Hall–Kier alpha value is -0.580. The van der Waals surface area contributed by atoms with Crippen LogP contribution < -0.4 is 0 Å². The summed E-state index contributed by atoms with van der Waals surface area (Å²) in [4.78, 5) is 3.53. The third-order valence-electron chi connectivity index (χ3n) is 0.726. The van der Waals surface area contributed by atoms with Gasteiger partial charge < -0.3 is 4.74 Å². The van der Waals surface area contributed by atoms with Crippen molar-refractivity contribution in [1.82, 2.24) is 0 Å². The van der Waals surface area contributed by atoms with E-state index in [0.717, 1.165) is 0 Å². The van der Waals surface area contributed by atoms with Crippen LogP contribution in [-0.2, 0) is 15.4 Å². The molecule has 0 atom stereocenters. The van der Waals surface area contributed by atoms with E-state index in [0.29, 0.717) is 13.2 Å². The molecule has 5 heteroatoms. The van der Waals surface area contributed by atoms with E-state index in [1.807, 2.05) is 0 Å². The van der Waals surface area contributed by atoms with Crippen molar-refractivity contribution in [2.24, 2.45) is 4.99 Å². The van der Waals surface area contributed by atoms with Gasteiger partial charge in [-0.1, -0.05) is 0 Å². The van der Waals surface area contributed by atoms with Crippen LogP contribution in [0.4, 0.5) is 0 Å². The van der Waals surface area contributed by atoms with Crippen molar-refractivity contribution in [3.8, 4) is 0 Å². The standard InChI is InChI=1S/C3H5NO3S/c5-8(6)3-4-1-2-7-3/h8H,1-2H2. The quantitative estimate of drug-likeness (QED) is 0.433. The fraction of sp³-hybridized carbons (Fsp3) is 0.667. The SMILES string of the molecule is O=[SH](=O)C1=NCCO1. The summed E-state index contributed by atoms with van der Waals surface area (Å²) in [5.74, 6) is 0. The summed E-state index contributed by atoms with van der Waals surface area (Å²) in [6.45, 7) is 0.872. The van der Waals surface area contributed by atoms with Crippen molar-refractivity contribution in [3.63, 3.8) is 0 Å². The van der Waals surface area contributed by atoms with Gasteiger partial charge in [0, 0.05) is 0 Å². The lowest BCUT2D eigenvalue weighted by atomic mass is 10.8. The van der Waals surface area contributed by atoms with E-state index in [1.165, 1.54) is 0 Å². The van der Waals surface area contributed by atoms with Crippen LogP contribution in [0, 0.1) is 0 Å². The molecule has 0 amide bonds.